The van der Waals surface area contributed by atoms with Crippen molar-refractivity contribution in [3.05, 3.63) is 118 Å². The zero-order chi connectivity index (χ0) is 26.4. The number of aliphatic hydroxyl groups is 1. The SMILES string of the molecule is [N-]=[N+]=NCCO[C@@H]1OC(COCc2ccccc2)[C@@H](O)C(OCc2ccccc2)C1OCc1ccccc1. The maximum Gasteiger partial charge on any atom is 0.186 e. The van der Waals surface area contributed by atoms with Gasteiger partial charge in [0.1, 0.15) is 24.4 Å². The molecule has 0 radical (unpaired) electrons. The van der Waals surface area contributed by atoms with Crippen molar-refractivity contribution >= 4 is 0 Å². The van der Waals surface area contributed by atoms with Crippen LogP contribution in [0.3, 0.4) is 0 Å². The molecule has 0 aromatic heterocycles. The van der Waals surface area contributed by atoms with Crippen molar-refractivity contribution in [1.29, 1.82) is 0 Å². The van der Waals surface area contributed by atoms with Crippen LogP contribution in [-0.4, -0.2) is 55.6 Å². The van der Waals surface area contributed by atoms with Crippen molar-refractivity contribution in [2.75, 3.05) is 19.8 Å². The van der Waals surface area contributed by atoms with Crippen LogP contribution in [0.2, 0.25) is 0 Å². The minimum atomic E-state index is -1.03. The van der Waals surface area contributed by atoms with Gasteiger partial charge in [-0.25, -0.2) is 0 Å². The van der Waals surface area contributed by atoms with Gasteiger partial charge >= 0.3 is 0 Å². The highest BCUT2D eigenvalue weighted by atomic mass is 16.7. The van der Waals surface area contributed by atoms with Gasteiger partial charge in [-0.2, -0.15) is 0 Å². The molecule has 0 amide bonds. The number of rotatable bonds is 14. The summed E-state index contributed by atoms with van der Waals surface area (Å²) in [6.07, 6.45) is -4.14. The van der Waals surface area contributed by atoms with Crippen molar-refractivity contribution in [2.45, 2.75) is 50.5 Å². The maximum absolute atomic E-state index is 11.4. The molecule has 9 nitrogen and oxygen atoms in total. The third-order valence-electron chi connectivity index (χ3n) is 6.12. The summed E-state index contributed by atoms with van der Waals surface area (Å²) >= 11 is 0. The van der Waals surface area contributed by atoms with Crippen LogP contribution in [-0.2, 0) is 43.5 Å². The molecule has 1 N–H and O–H groups in total. The van der Waals surface area contributed by atoms with E-state index >= 15 is 0 Å². The summed E-state index contributed by atoms with van der Waals surface area (Å²) < 4.78 is 30.5. The van der Waals surface area contributed by atoms with Gasteiger partial charge in [0.05, 0.1) is 33.0 Å². The molecular formula is C29H33N3O6. The van der Waals surface area contributed by atoms with E-state index in [-0.39, 0.29) is 33.0 Å². The highest BCUT2D eigenvalue weighted by Gasteiger charge is 2.47. The molecule has 1 heterocycles. The Morgan fingerprint density at radius 3 is 1.82 bits per heavy atom. The first kappa shape index (κ1) is 27.8. The minimum absolute atomic E-state index is 0.124. The number of aliphatic hydroxyl groups excluding tert-OH is 1. The van der Waals surface area contributed by atoms with Gasteiger partial charge in [0.15, 0.2) is 6.29 Å². The smallest absolute Gasteiger partial charge is 0.186 e. The van der Waals surface area contributed by atoms with Gasteiger partial charge in [-0.3, -0.25) is 0 Å². The van der Waals surface area contributed by atoms with E-state index in [1.807, 2.05) is 91.0 Å². The first-order valence-corrected chi connectivity index (χ1v) is 12.6. The van der Waals surface area contributed by atoms with Gasteiger partial charge < -0.3 is 28.8 Å². The molecule has 200 valence electrons. The van der Waals surface area contributed by atoms with E-state index in [4.69, 9.17) is 29.2 Å². The molecule has 0 aliphatic carbocycles. The molecule has 1 aliphatic rings. The van der Waals surface area contributed by atoms with Gasteiger partial charge in [-0.05, 0) is 22.2 Å². The fourth-order valence-corrected chi connectivity index (χ4v) is 4.18. The summed E-state index contributed by atoms with van der Waals surface area (Å²) in [5.74, 6) is 0. The van der Waals surface area contributed by atoms with Gasteiger partial charge in [-0.1, -0.05) is 96.1 Å². The number of ether oxygens (including phenoxy) is 5. The first-order chi connectivity index (χ1) is 18.7. The van der Waals surface area contributed by atoms with Crippen LogP contribution in [0.25, 0.3) is 10.4 Å². The summed E-state index contributed by atoms with van der Waals surface area (Å²) in [6.45, 7) is 1.31. The Hall–Kier alpha value is -3.27. The number of hydrogen-bond acceptors (Lipinski definition) is 7. The van der Waals surface area contributed by atoms with E-state index < -0.39 is 30.7 Å². The molecule has 1 saturated heterocycles. The summed E-state index contributed by atoms with van der Waals surface area (Å²) in [5, 5.41) is 14.9. The molecule has 3 unspecified atom stereocenters. The zero-order valence-electron chi connectivity index (χ0n) is 21.1. The normalized spacial score (nSPS) is 23.0. The predicted octanol–water partition coefficient (Wildman–Crippen LogP) is 4.79. The van der Waals surface area contributed by atoms with E-state index in [9.17, 15) is 5.11 Å². The Morgan fingerprint density at radius 2 is 1.26 bits per heavy atom. The summed E-state index contributed by atoms with van der Waals surface area (Å²) in [4.78, 5) is 2.78. The van der Waals surface area contributed by atoms with Crippen LogP contribution in [0.5, 0.6) is 0 Å². The van der Waals surface area contributed by atoms with E-state index in [1.54, 1.807) is 0 Å². The number of azide groups is 1. The standard InChI is InChI=1S/C29H33N3O6/c30-32-31-16-17-35-29-28(37-20-24-14-8-3-9-15-24)27(36-19-23-12-6-2-7-13-23)26(33)25(38-29)21-34-18-22-10-4-1-5-11-22/h1-15,25-29,33H,16-21H2/t25?,26-,27?,28?,29-/m1/s1. The third-order valence-corrected chi connectivity index (χ3v) is 6.12. The lowest BCUT2D eigenvalue weighted by Gasteiger charge is -2.44. The number of benzene rings is 3. The molecule has 4 rings (SSSR count). The molecule has 3 aromatic carbocycles. The molecule has 0 saturated carbocycles. The number of nitrogens with zero attached hydrogens (tertiary/aromatic N) is 3. The first-order valence-electron chi connectivity index (χ1n) is 12.6. The summed E-state index contributed by atoms with van der Waals surface area (Å²) in [5.41, 5.74) is 11.6. The van der Waals surface area contributed by atoms with Crippen LogP contribution < -0.4 is 0 Å². The number of hydrogen-bond donors (Lipinski definition) is 1. The molecule has 5 atom stereocenters. The van der Waals surface area contributed by atoms with Gasteiger partial charge in [-0.15, -0.1) is 0 Å². The lowest BCUT2D eigenvalue weighted by Crippen LogP contribution is -2.61. The van der Waals surface area contributed by atoms with Crippen molar-refractivity contribution in [1.82, 2.24) is 0 Å². The molecule has 1 fully saturated rings. The third kappa shape index (κ3) is 8.37. The molecule has 3 aromatic rings. The van der Waals surface area contributed by atoms with Crippen LogP contribution >= 0.6 is 0 Å². The fraction of sp³-hybridized carbons (Fsp3) is 0.379. The van der Waals surface area contributed by atoms with Crippen molar-refractivity contribution in [2.24, 2.45) is 5.11 Å². The van der Waals surface area contributed by atoms with E-state index in [2.05, 4.69) is 10.0 Å². The quantitative estimate of drug-likeness (QED) is 0.142. The Morgan fingerprint density at radius 1 is 0.737 bits per heavy atom. The zero-order valence-corrected chi connectivity index (χ0v) is 21.1. The second-order valence-corrected chi connectivity index (χ2v) is 8.88. The Labute approximate surface area is 222 Å². The monoisotopic (exact) mass is 519 g/mol. The minimum Gasteiger partial charge on any atom is -0.387 e. The average molecular weight is 520 g/mol. The van der Waals surface area contributed by atoms with Gasteiger partial charge in [0.2, 0.25) is 0 Å². The Bertz CT molecular complexity index is 1110. The van der Waals surface area contributed by atoms with Crippen molar-refractivity contribution in [3.63, 3.8) is 0 Å². The molecule has 0 bridgehead atoms. The molecular weight excluding hydrogens is 486 g/mol. The average Bonchev–Trinajstić information content (AvgIpc) is 2.96. The second kappa shape index (κ2) is 15.2. The van der Waals surface area contributed by atoms with Crippen LogP contribution in [0.15, 0.2) is 96.1 Å². The van der Waals surface area contributed by atoms with Crippen LogP contribution in [0, 0.1) is 0 Å². The lowest BCUT2D eigenvalue weighted by atomic mass is 9.98. The topological polar surface area (TPSA) is 115 Å². The maximum atomic E-state index is 11.4. The highest BCUT2D eigenvalue weighted by Crippen LogP contribution is 2.29. The second-order valence-electron chi connectivity index (χ2n) is 8.88. The largest absolute Gasteiger partial charge is 0.387 e. The molecule has 9 heteroatoms. The van der Waals surface area contributed by atoms with Crippen molar-refractivity contribution < 1.29 is 28.8 Å². The summed E-state index contributed by atoms with van der Waals surface area (Å²) in [6, 6.07) is 29.2. The van der Waals surface area contributed by atoms with E-state index in [0.29, 0.717) is 6.61 Å². The van der Waals surface area contributed by atoms with Gasteiger partial charge in [0, 0.05) is 11.5 Å². The molecule has 0 spiro atoms. The van der Waals surface area contributed by atoms with Gasteiger partial charge in [0.25, 0.3) is 0 Å². The van der Waals surface area contributed by atoms with E-state index in [0.717, 1.165) is 16.7 Å². The lowest BCUT2D eigenvalue weighted by molar-refractivity contribution is -0.320. The molecule has 38 heavy (non-hydrogen) atoms. The Kier molecular flexibility index (Phi) is 11.1. The predicted molar refractivity (Wildman–Crippen MR) is 141 cm³/mol. The highest BCUT2D eigenvalue weighted by molar-refractivity contribution is 5.15. The molecule has 1 aliphatic heterocycles. The summed E-state index contributed by atoms with van der Waals surface area (Å²) in [7, 11) is 0. The van der Waals surface area contributed by atoms with Crippen LogP contribution in [0.4, 0.5) is 0 Å². The fourth-order valence-electron chi connectivity index (χ4n) is 4.18. The van der Waals surface area contributed by atoms with Crippen molar-refractivity contribution in [3.8, 4) is 0 Å². The van der Waals surface area contributed by atoms with Crippen LogP contribution in [0.1, 0.15) is 16.7 Å². The Balaban J connectivity index is 1.50. The van der Waals surface area contributed by atoms with E-state index in [1.165, 1.54) is 0 Å².